The van der Waals surface area contributed by atoms with Crippen molar-refractivity contribution < 1.29 is 27.5 Å². The molecule has 9 heteroatoms. The molecule has 1 amide bonds. The zero-order valence-corrected chi connectivity index (χ0v) is 16.0. The van der Waals surface area contributed by atoms with Gasteiger partial charge in [-0.25, -0.2) is 13.2 Å². The highest BCUT2D eigenvalue weighted by Gasteiger charge is 2.29. The topological polar surface area (TPSA) is 102 Å². The summed E-state index contributed by atoms with van der Waals surface area (Å²) in [6.45, 7) is 2.77. The van der Waals surface area contributed by atoms with Gasteiger partial charge in [0.25, 0.3) is 5.91 Å². The molecule has 1 atom stereocenters. The molecule has 1 aliphatic carbocycles. The Labute approximate surface area is 158 Å². The first-order valence-corrected chi connectivity index (χ1v) is 10.5. The van der Waals surface area contributed by atoms with Gasteiger partial charge in [-0.05, 0) is 43.9 Å². The van der Waals surface area contributed by atoms with Gasteiger partial charge in [-0.2, -0.15) is 4.31 Å². The minimum atomic E-state index is -3.70. The van der Waals surface area contributed by atoms with E-state index in [2.05, 4.69) is 5.32 Å². The van der Waals surface area contributed by atoms with Crippen LogP contribution >= 0.6 is 0 Å². The van der Waals surface area contributed by atoms with Crippen LogP contribution in [0.15, 0.2) is 29.2 Å². The van der Waals surface area contributed by atoms with Gasteiger partial charge < -0.3 is 14.8 Å². The van der Waals surface area contributed by atoms with Gasteiger partial charge in [0.15, 0.2) is 6.61 Å². The Bertz CT molecular complexity index is 800. The highest BCUT2D eigenvalue weighted by atomic mass is 32.2. The van der Waals surface area contributed by atoms with E-state index < -0.39 is 22.6 Å². The standard InChI is InChI=1S/C18H24N2O6S/c1-13(14-5-6-14)19-17(21)12-26-18(22)15-3-2-4-16(11-15)27(23,24)20-7-9-25-10-8-20/h2-4,11,13-14H,5-10,12H2,1H3,(H,19,21)/t13-/m1/s1. The van der Waals surface area contributed by atoms with Crippen LogP contribution in [0.1, 0.15) is 30.1 Å². The fraction of sp³-hybridized carbons (Fsp3) is 0.556. The number of carbonyl (C=O) groups excluding carboxylic acids is 2. The van der Waals surface area contributed by atoms with Crippen LogP contribution in [0.25, 0.3) is 0 Å². The number of hydrogen-bond acceptors (Lipinski definition) is 6. The van der Waals surface area contributed by atoms with Crippen LogP contribution < -0.4 is 5.32 Å². The lowest BCUT2D eigenvalue weighted by Gasteiger charge is -2.26. The Balaban J connectivity index is 1.60. The Morgan fingerprint density at radius 3 is 2.67 bits per heavy atom. The normalized spacial score (nSPS) is 19.3. The maximum absolute atomic E-state index is 12.7. The molecule has 8 nitrogen and oxygen atoms in total. The second-order valence-corrected chi connectivity index (χ2v) is 8.75. The number of morpholine rings is 1. The largest absolute Gasteiger partial charge is 0.452 e. The number of benzene rings is 1. The van der Waals surface area contributed by atoms with Crippen LogP contribution in [0, 0.1) is 5.92 Å². The molecule has 2 fully saturated rings. The SMILES string of the molecule is C[C@@H](NC(=O)COC(=O)c1cccc(S(=O)(=O)N2CCOCC2)c1)C1CC1. The third-order valence-corrected chi connectivity index (χ3v) is 6.62. The van der Waals surface area contributed by atoms with E-state index >= 15 is 0 Å². The molecule has 1 saturated heterocycles. The molecule has 0 radical (unpaired) electrons. The first-order chi connectivity index (χ1) is 12.9. The number of ether oxygens (including phenoxy) is 2. The summed E-state index contributed by atoms with van der Waals surface area (Å²) in [6, 6.07) is 5.73. The third-order valence-electron chi connectivity index (χ3n) is 4.73. The van der Waals surface area contributed by atoms with Crippen LogP contribution in [-0.2, 0) is 24.3 Å². The Hall–Kier alpha value is -1.97. The van der Waals surface area contributed by atoms with Crippen LogP contribution in [-0.4, -0.2) is 63.6 Å². The number of carbonyl (C=O) groups is 2. The number of nitrogens with zero attached hydrogens (tertiary/aromatic N) is 1. The molecule has 1 saturated carbocycles. The van der Waals surface area contributed by atoms with Crippen LogP contribution in [0.4, 0.5) is 0 Å². The molecule has 0 unspecified atom stereocenters. The molecular formula is C18H24N2O6S. The van der Waals surface area contributed by atoms with Crippen molar-refractivity contribution in [2.24, 2.45) is 5.92 Å². The minimum absolute atomic E-state index is 0.0191. The van der Waals surface area contributed by atoms with Gasteiger partial charge in [0.05, 0.1) is 23.7 Å². The number of amides is 1. The molecule has 2 aliphatic rings. The fourth-order valence-corrected chi connectivity index (χ4v) is 4.40. The van der Waals surface area contributed by atoms with Crippen molar-refractivity contribution in [3.05, 3.63) is 29.8 Å². The number of esters is 1. The van der Waals surface area contributed by atoms with E-state index in [1.165, 1.54) is 28.6 Å². The monoisotopic (exact) mass is 396 g/mol. The summed E-state index contributed by atoms with van der Waals surface area (Å²) >= 11 is 0. The molecule has 0 aromatic heterocycles. The van der Waals surface area contributed by atoms with Crippen molar-refractivity contribution in [1.82, 2.24) is 9.62 Å². The van der Waals surface area contributed by atoms with Gasteiger partial charge in [0.1, 0.15) is 0 Å². The molecule has 27 heavy (non-hydrogen) atoms. The van der Waals surface area contributed by atoms with Gasteiger partial charge in [-0.1, -0.05) is 6.07 Å². The first kappa shape index (κ1) is 19.8. The van der Waals surface area contributed by atoms with Gasteiger partial charge in [0, 0.05) is 19.1 Å². The van der Waals surface area contributed by atoms with E-state index in [9.17, 15) is 18.0 Å². The average Bonchev–Trinajstić information content (AvgIpc) is 3.52. The predicted octanol–water partition coefficient (Wildman–Crippen LogP) is 0.779. The number of nitrogens with one attached hydrogen (secondary N) is 1. The van der Waals surface area contributed by atoms with Crippen LogP contribution in [0.2, 0.25) is 0 Å². The summed E-state index contributed by atoms with van der Waals surface area (Å²) in [7, 11) is -3.70. The summed E-state index contributed by atoms with van der Waals surface area (Å²) in [5, 5.41) is 2.80. The fourth-order valence-electron chi connectivity index (χ4n) is 2.94. The molecule has 1 aliphatic heterocycles. The smallest absolute Gasteiger partial charge is 0.338 e. The number of rotatable bonds is 7. The van der Waals surface area contributed by atoms with E-state index in [-0.39, 0.29) is 35.5 Å². The number of hydrogen-bond donors (Lipinski definition) is 1. The molecule has 0 bridgehead atoms. The molecule has 1 aromatic carbocycles. The summed E-state index contributed by atoms with van der Waals surface area (Å²) in [5.41, 5.74) is 0.0902. The first-order valence-electron chi connectivity index (χ1n) is 9.02. The Morgan fingerprint density at radius 1 is 1.30 bits per heavy atom. The predicted molar refractivity (Wildman–Crippen MR) is 96.6 cm³/mol. The van der Waals surface area contributed by atoms with E-state index in [1.807, 2.05) is 6.92 Å². The van der Waals surface area contributed by atoms with E-state index in [0.717, 1.165) is 12.8 Å². The van der Waals surface area contributed by atoms with Crippen molar-refractivity contribution in [2.75, 3.05) is 32.9 Å². The lowest BCUT2D eigenvalue weighted by molar-refractivity contribution is -0.124. The summed E-state index contributed by atoms with van der Waals surface area (Å²) in [5.74, 6) is -0.588. The lowest BCUT2D eigenvalue weighted by atomic mass is 10.2. The van der Waals surface area contributed by atoms with Gasteiger partial charge in [-0.3, -0.25) is 4.79 Å². The second-order valence-electron chi connectivity index (χ2n) is 6.81. The lowest BCUT2D eigenvalue weighted by Crippen LogP contribution is -2.40. The average molecular weight is 396 g/mol. The van der Waals surface area contributed by atoms with Crippen LogP contribution in [0.3, 0.4) is 0 Å². The number of sulfonamides is 1. The van der Waals surface area contributed by atoms with E-state index in [4.69, 9.17) is 9.47 Å². The molecule has 1 heterocycles. The van der Waals surface area contributed by atoms with Gasteiger partial charge >= 0.3 is 5.97 Å². The van der Waals surface area contributed by atoms with Crippen molar-refractivity contribution >= 4 is 21.9 Å². The van der Waals surface area contributed by atoms with Crippen molar-refractivity contribution in [3.63, 3.8) is 0 Å². The van der Waals surface area contributed by atoms with E-state index in [1.54, 1.807) is 0 Å². The Morgan fingerprint density at radius 2 is 2.00 bits per heavy atom. The van der Waals surface area contributed by atoms with Crippen molar-refractivity contribution in [1.29, 1.82) is 0 Å². The summed E-state index contributed by atoms with van der Waals surface area (Å²) in [6.07, 6.45) is 2.21. The van der Waals surface area contributed by atoms with E-state index in [0.29, 0.717) is 19.1 Å². The summed E-state index contributed by atoms with van der Waals surface area (Å²) in [4.78, 5) is 24.1. The molecule has 0 spiro atoms. The third kappa shape index (κ3) is 5.06. The highest BCUT2D eigenvalue weighted by molar-refractivity contribution is 7.89. The second kappa shape index (κ2) is 8.37. The minimum Gasteiger partial charge on any atom is -0.452 e. The zero-order valence-electron chi connectivity index (χ0n) is 15.2. The molecule has 3 rings (SSSR count). The molecule has 148 valence electrons. The molecular weight excluding hydrogens is 372 g/mol. The molecule has 1 N–H and O–H groups in total. The zero-order chi connectivity index (χ0) is 19.4. The summed E-state index contributed by atoms with van der Waals surface area (Å²) < 4.78 is 36.9. The van der Waals surface area contributed by atoms with Crippen LogP contribution in [0.5, 0.6) is 0 Å². The van der Waals surface area contributed by atoms with Gasteiger partial charge in [0.2, 0.25) is 10.0 Å². The Kier molecular flexibility index (Phi) is 6.13. The van der Waals surface area contributed by atoms with Crippen molar-refractivity contribution in [3.8, 4) is 0 Å². The van der Waals surface area contributed by atoms with Gasteiger partial charge in [-0.15, -0.1) is 0 Å². The highest BCUT2D eigenvalue weighted by Crippen LogP contribution is 2.32. The maximum atomic E-state index is 12.7. The maximum Gasteiger partial charge on any atom is 0.338 e. The quantitative estimate of drug-likeness (QED) is 0.684. The molecule has 1 aromatic rings. The van der Waals surface area contributed by atoms with Crippen molar-refractivity contribution in [2.45, 2.75) is 30.7 Å².